The monoisotopic (exact) mass is 341 g/mol. The first kappa shape index (κ1) is 16.4. The highest BCUT2D eigenvalue weighted by atomic mass is 32.2. The number of H-pyrrole nitrogens is 1. The molecule has 0 spiro atoms. The van der Waals surface area contributed by atoms with Gasteiger partial charge >= 0.3 is 0 Å². The molecule has 0 radical (unpaired) electrons. The molecule has 2 aromatic carbocycles. The molecular weight excluding hydrogens is 322 g/mol. The molecule has 0 atom stereocenters. The Bertz CT molecular complexity index is 804. The van der Waals surface area contributed by atoms with Gasteiger partial charge in [-0.2, -0.15) is 0 Å². The van der Waals surface area contributed by atoms with E-state index in [9.17, 15) is 0 Å². The predicted octanol–water partition coefficient (Wildman–Crippen LogP) is 3.96. The number of rotatable bonds is 7. The number of benzene rings is 2. The number of aryl methyl sites for hydroxylation is 1. The van der Waals surface area contributed by atoms with Gasteiger partial charge in [0, 0.05) is 11.3 Å². The Balaban J connectivity index is 1.54. The Kier molecular flexibility index (Phi) is 5.38. The molecule has 6 heteroatoms. The molecule has 0 aliphatic heterocycles. The Morgan fingerprint density at radius 1 is 1.04 bits per heavy atom. The van der Waals surface area contributed by atoms with Gasteiger partial charge in [0.2, 0.25) is 5.16 Å². The zero-order chi connectivity index (χ0) is 16.8. The first-order valence-corrected chi connectivity index (χ1v) is 8.63. The van der Waals surface area contributed by atoms with E-state index in [0.29, 0.717) is 6.61 Å². The predicted molar refractivity (Wildman–Crippen MR) is 95.8 cm³/mol. The fraction of sp³-hybridized carbons (Fsp3) is 0.222. The van der Waals surface area contributed by atoms with E-state index in [4.69, 9.17) is 9.47 Å². The van der Waals surface area contributed by atoms with Crippen LogP contribution in [0.2, 0.25) is 0 Å². The van der Waals surface area contributed by atoms with Gasteiger partial charge in [0.1, 0.15) is 0 Å². The molecule has 5 nitrogen and oxygen atoms in total. The van der Waals surface area contributed by atoms with Crippen LogP contribution in [0.3, 0.4) is 0 Å². The molecule has 0 saturated carbocycles. The molecule has 0 unspecified atom stereocenters. The second-order valence-electron chi connectivity index (χ2n) is 5.13. The largest absolute Gasteiger partial charge is 0.493 e. The third-order valence-corrected chi connectivity index (χ3v) is 4.32. The van der Waals surface area contributed by atoms with E-state index < -0.39 is 0 Å². The van der Waals surface area contributed by atoms with Crippen LogP contribution < -0.4 is 9.47 Å². The van der Waals surface area contributed by atoms with Gasteiger partial charge in [0.25, 0.3) is 0 Å². The van der Waals surface area contributed by atoms with Crippen molar-refractivity contribution >= 4 is 11.8 Å². The van der Waals surface area contributed by atoms with E-state index in [-0.39, 0.29) is 0 Å². The van der Waals surface area contributed by atoms with Gasteiger partial charge in [-0.15, -0.1) is 5.10 Å². The maximum atomic E-state index is 5.75. The van der Waals surface area contributed by atoms with Gasteiger partial charge in [0.15, 0.2) is 17.3 Å². The third-order valence-electron chi connectivity index (χ3n) is 3.51. The standard InChI is InChI=1S/C18H19N3O2S/c1-13-7-3-4-8-14(13)17-19-18(21-20-17)24-12-11-23-16-10-6-5-9-15(16)22-2/h3-10H,11-12H2,1-2H3,(H,19,20,21). The van der Waals surface area contributed by atoms with Gasteiger partial charge < -0.3 is 9.47 Å². The van der Waals surface area contributed by atoms with E-state index in [2.05, 4.69) is 28.2 Å². The summed E-state index contributed by atoms with van der Waals surface area (Å²) in [6, 6.07) is 15.7. The minimum atomic E-state index is 0.555. The molecule has 24 heavy (non-hydrogen) atoms. The number of hydrogen-bond acceptors (Lipinski definition) is 5. The summed E-state index contributed by atoms with van der Waals surface area (Å²) >= 11 is 1.56. The Hall–Kier alpha value is -2.47. The molecule has 0 aliphatic carbocycles. The summed E-state index contributed by atoms with van der Waals surface area (Å²) in [5, 5.41) is 7.97. The van der Waals surface area contributed by atoms with Crippen molar-refractivity contribution < 1.29 is 9.47 Å². The van der Waals surface area contributed by atoms with Crippen molar-refractivity contribution in [2.24, 2.45) is 0 Å². The van der Waals surface area contributed by atoms with Crippen molar-refractivity contribution in [2.75, 3.05) is 19.5 Å². The van der Waals surface area contributed by atoms with Gasteiger partial charge in [-0.3, -0.25) is 5.10 Å². The maximum Gasteiger partial charge on any atom is 0.208 e. The van der Waals surface area contributed by atoms with Crippen LogP contribution in [0, 0.1) is 6.92 Å². The number of ether oxygens (including phenoxy) is 2. The highest BCUT2D eigenvalue weighted by molar-refractivity contribution is 7.99. The topological polar surface area (TPSA) is 60.0 Å². The lowest BCUT2D eigenvalue weighted by atomic mass is 10.1. The van der Waals surface area contributed by atoms with E-state index in [0.717, 1.165) is 33.8 Å². The highest BCUT2D eigenvalue weighted by Gasteiger charge is 2.08. The zero-order valence-corrected chi connectivity index (χ0v) is 14.5. The van der Waals surface area contributed by atoms with Gasteiger partial charge in [0.05, 0.1) is 13.7 Å². The van der Waals surface area contributed by atoms with Crippen LogP contribution in [0.4, 0.5) is 0 Å². The van der Waals surface area contributed by atoms with Crippen LogP contribution in [-0.2, 0) is 0 Å². The number of hydrogen-bond donors (Lipinski definition) is 1. The van der Waals surface area contributed by atoms with E-state index in [1.165, 1.54) is 5.56 Å². The number of methoxy groups -OCH3 is 1. The van der Waals surface area contributed by atoms with Gasteiger partial charge in [-0.05, 0) is 24.6 Å². The molecule has 3 aromatic rings. The summed E-state index contributed by atoms with van der Waals surface area (Å²) < 4.78 is 11.0. The van der Waals surface area contributed by atoms with E-state index in [1.807, 2.05) is 42.5 Å². The minimum absolute atomic E-state index is 0.555. The number of aromatic amines is 1. The number of nitrogens with zero attached hydrogens (tertiary/aromatic N) is 2. The quantitative estimate of drug-likeness (QED) is 0.521. The SMILES string of the molecule is COc1ccccc1OCCSc1n[nH]c(-c2ccccc2C)n1. The lowest BCUT2D eigenvalue weighted by Crippen LogP contribution is -2.01. The second-order valence-corrected chi connectivity index (χ2v) is 6.19. The Morgan fingerprint density at radius 3 is 2.58 bits per heavy atom. The molecule has 1 N–H and O–H groups in total. The third kappa shape index (κ3) is 3.89. The number of para-hydroxylation sites is 2. The van der Waals surface area contributed by atoms with E-state index >= 15 is 0 Å². The molecule has 0 bridgehead atoms. The van der Waals surface area contributed by atoms with Gasteiger partial charge in [-0.1, -0.05) is 48.2 Å². The fourth-order valence-corrected chi connectivity index (χ4v) is 2.91. The van der Waals surface area contributed by atoms with Crippen molar-refractivity contribution in [1.82, 2.24) is 15.2 Å². The summed E-state index contributed by atoms with van der Waals surface area (Å²) in [5.41, 5.74) is 2.24. The molecule has 1 heterocycles. The highest BCUT2D eigenvalue weighted by Crippen LogP contribution is 2.26. The van der Waals surface area contributed by atoms with Crippen LogP contribution in [0.5, 0.6) is 11.5 Å². The van der Waals surface area contributed by atoms with Crippen molar-refractivity contribution in [2.45, 2.75) is 12.1 Å². The molecule has 0 saturated heterocycles. The molecular formula is C18H19N3O2S. The average molecular weight is 341 g/mol. The number of thioether (sulfide) groups is 1. The summed E-state index contributed by atoms with van der Waals surface area (Å²) in [7, 11) is 1.64. The Morgan fingerprint density at radius 2 is 1.79 bits per heavy atom. The summed E-state index contributed by atoms with van der Waals surface area (Å²) in [4.78, 5) is 4.54. The molecule has 124 valence electrons. The van der Waals surface area contributed by atoms with Crippen LogP contribution in [0.1, 0.15) is 5.56 Å². The van der Waals surface area contributed by atoms with Crippen LogP contribution in [0.15, 0.2) is 53.7 Å². The fourth-order valence-electron chi connectivity index (χ4n) is 2.29. The Labute approximate surface area is 145 Å². The summed E-state index contributed by atoms with van der Waals surface area (Å²) in [6.45, 7) is 2.62. The van der Waals surface area contributed by atoms with Crippen LogP contribution >= 0.6 is 11.8 Å². The minimum Gasteiger partial charge on any atom is -0.493 e. The van der Waals surface area contributed by atoms with Crippen molar-refractivity contribution in [3.63, 3.8) is 0 Å². The first-order valence-electron chi connectivity index (χ1n) is 7.65. The normalized spacial score (nSPS) is 10.6. The van der Waals surface area contributed by atoms with Crippen LogP contribution in [-0.4, -0.2) is 34.7 Å². The van der Waals surface area contributed by atoms with Crippen LogP contribution in [0.25, 0.3) is 11.4 Å². The van der Waals surface area contributed by atoms with Crippen molar-refractivity contribution in [3.8, 4) is 22.9 Å². The molecule has 1 aromatic heterocycles. The molecule has 0 amide bonds. The van der Waals surface area contributed by atoms with Crippen molar-refractivity contribution in [3.05, 3.63) is 54.1 Å². The number of aromatic nitrogens is 3. The first-order chi connectivity index (χ1) is 11.8. The van der Waals surface area contributed by atoms with Crippen molar-refractivity contribution in [1.29, 1.82) is 0 Å². The summed E-state index contributed by atoms with van der Waals surface area (Å²) in [5.74, 6) is 3.03. The summed E-state index contributed by atoms with van der Waals surface area (Å²) in [6.07, 6.45) is 0. The van der Waals surface area contributed by atoms with Gasteiger partial charge in [-0.25, -0.2) is 4.98 Å². The maximum absolute atomic E-state index is 5.75. The lowest BCUT2D eigenvalue weighted by Gasteiger charge is -2.09. The molecule has 3 rings (SSSR count). The second kappa shape index (κ2) is 7.88. The smallest absolute Gasteiger partial charge is 0.208 e. The molecule has 0 aliphatic rings. The lowest BCUT2D eigenvalue weighted by molar-refractivity contribution is 0.313. The van der Waals surface area contributed by atoms with E-state index in [1.54, 1.807) is 18.9 Å². The average Bonchev–Trinajstić information content (AvgIpc) is 3.08. The molecule has 0 fully saturated rings. The zero-order valence-electron chi connectivity index (χ0n) is 13.7. The number of nitrogens with one attached hydrogen (secondary N) is 1.